The van der Waals surface area contributed by atoms with E-state index in [-0.39, 0.29) is 4.90 Å². The molecule has 0 aliphatic heterocycles. The van der Waals surface area contributed by atoms with E-state index in [2.05, 4.69) is 0 Å². The van der Waals surface area contributed by atoms with Crippen LogP contribution in [0.5, 0.6) is 0 Å². The molecular formula is C7H4NO2S-. The summed E-state index contributed by atoms with van der Waals surface area (Å²) in [7, 11) is 0. The smallest absolute Gasteiger partial charge is 0.0991 e. The summed E-state index contributed by atoms with van der Waals surface area (Å²) in [4.78, 5) is 0.198. The molecule has 0 aliphatic carbocycles. The van der Waals surface area contributed by atoms with E-state index in [1.54, 1.807) is 0 Å². The lowest BCUT2D eigenvalue weighted by Crippen LogP contribution is -1.87. The second-order valence-corrected chi connectivity index (χ2v) is 2.81. The van der Waals surface area contributed by atoms with E-state index in [0.717, 1.165) is 0 Å². The van der Waals surface area contributed by atoms with E-state index in [1.165, 1.54) is 24.3 Å². The van der Waals surface area contributed by atoms with Crippen molar-refractivity contribution >= 4 is 11.1 Å². The minimum absolute atomic E-state index is 0.198. The van der Waals surface area contributed by atoms with Gasteiger partial charge in [-0.2, -0.15) is 5.26 Å². The Bertz CT molecular complexity index is 312. The molecule has 0 saturated carbocycles. The first-order chi connectivity index (χ1) is 5.24. The van der Waals surface area contributed by atoms with Gasteiger partial charge in [0.05, 0.1) is 11.6 Å². The molecule has 0 fully saturated rings. The molecule has 0 amide bonds. The quantitative estimate of drug-likeness (QED) is 0.579. The average molecular weight is 166 g/mol. The molecule has 0 spiro atoms. The van der Waals surface area contributed by atoms with Gasteiger partial charge >= 0.3 is 0 Å². The van der Waals surface area contributed by atoms with E-state index in [4.69, 9.17) is 5.26 Å². The van der Waals surface area contributed by atoms with Crippen molar-refractivity contribution in [2.75, 3.05) is 0 Å². The van der Waals surface area contributed by atoms with Gasteiger partial charge in [-0.15, -0.1) is 0 Å². The van der Waals surface area contributed by atoms with Gasteiger partial charge in [-0.25, -0.2) is 0 Å². The normalized spacial score (nSPS) is 12.0. The van der Waals surface area contributed by atoms with Gasteiger partial charge in [-0.05, 0) is 35.3 Å². The summed E-state index contributed by atoms with van der Waals surface area (Å²) in [6.45, 7) is 0. The molecule has 0 bridgehead atoms. The van der Waals surface area contributed by atoms with Gasteiger partial charge < -0.3 is 4.55 Å². The Morgan fingerprint density at radius 2 is 1.91 bits per heavy atom. The molecule has 0 heterocycles. The van der Waals surface area contributed by atoms with Crippen molar-refractivity contribution in [2.45, 2.75) is 4.90 Å². The molecule has 0 radical (unpaired) electrons. The van der Waals surface area contributed by atoms with Gasteiger partial charge in [0.1, 0.15) is 0 Å². The minimum atomic E-state index is -2.20. The summed E-state index contributed by atoms with van der Waals surface area (Å²) in [5.74, 6) is 0. The largest absolute Gasteiger partial charge is 0.768 e. The van der Waals surface area contributed by atoms with Crippen molar-refractivity contribution in [3.05, 3.63) is 29.8 Å². The standard InChI is InChI=1S/C7H5NO2S/c8-5-6-1-3-7(4-2-6)11(9)10/h1-4H,(H,9,10)/p-1. The molecule has 0 saturated heterocycles. The highest BCUT2D eigenvalue weighted by atomic mass is 32.2. The fourth-order valence-corrected chi connectivity index (χ4v) is 0.999. The molecule has 3 nitrogen and oxygen atoms in total. The first-order valence-electron chi connectivity index (χ1n) is 2.83. The molecular weight excluding hydrogens is 162 g/mol. The number of hydrogen-bond donors (Lipinski definition) is 0. The van der Waals surface area contributed by atoms with Gasteiger partial charge in [-0.1, -0.05) is 0 Å². The second-order valence-electron chi connectivity index (χ2n) is 1.87. The third kappa shape index (κ3) is 1.87. The molecule has 0 aromatic heterocycles. The van der Waals surface area contributed by atoms with E-state index >= 15 is 0 Å². The number of nitriles is 1. The summed E-state index contributed by atoms with van der Waals surface area (Å²) >= 11 is -2.20. The van der Waals surface area contributed by atoms with Crippen molar-refractivity contribution in [1.29, 1.82) is 5.26 Å². The molecule has 0 aliphatic rings. The van der Waals surface area contributed by atoms with Crippen LogP contribution in [0.15, 0.2) is 29.2 Å². The summed E-state index contributed by atoms with van der Waals surface area (Å²) in [6.07, 6.45) is 0. The van der Waals surface area contributed by atoms with Crippen molar-refractivity contribution in [2.24, 2.45) is 0 Å². The van der Waals surface area contributed by atoms with Gasteiger partial charge in [0.25, 0.3) is 0 Å². The summed E-state index contributed by atoms with van der Waals surface area (Å²) in [5, 5.41) is 8.36. The van der Waals surface area contributed by atoms with Crippen LogP contribution >= 0.6 is 0 Å². The first kappa shape index (κ1) is 7.92. The lowest BCUT2D eigenvalue weighted by atomic mass is 10.2. The fraction of sp³-hybridized carbons (Fsp3) is 0. The van der Waals surface area contributed by atoms with Gasteiger partial charge in [0.2, 0.25) is 0 Å². The van der Waals surface area contributed by atoms with E-state index in [1.807, 2.05) is 6.07 Å². The maximum Gasteiger partial charge on any atom is 0.0991 e. The third-order valence-corrected chi connectivity index (χ3v) is 1.83. The first-order valence-corrected chi connectivity index (χ1v) is 3.91. The predicted molar refractivity (Wildman–Crippen MR) is 38.3 cm³/mol. The molecule has 0 N–H and O–H groups in total. The monoisotopic (exact) mass is 166 g/mol. The van der Waals surface area contributed by atoms with Crippen LogP contribution in [0.3, 0.4) is 0 Å². The zero-order chi connectivity index (χ0) is 8.27. The van der Waals surface area contributed by atoms with Crippen molar-refractivity contribution in [1.82, 2.24) is 0 Å². The SMILES string of the molecule is N#Cc1ccc(S(=O)[O-])cc1. The molecule has 11 heavy (non-hydrogen) atoms. The van der Waals surface area contributed by atoms with Crippen LogP contribution < -0.4 is 0 Å². The van der Waals surface area contributed by atoms with E-state index in [0.29, 0.717) is 5.56 Å². The number of nitrogens with zero attached hydrogens (tertiary/aromatic N) is 1. The van der Waals surface area contributed by atoms with Crippen LogP contribution in [0, 0.1) is 11.3 Å². The van der Waals surface area contributed by atoms with Crippen LogP contribution in [0.25, 0.3) is 0 Å². The average Bonchev–Trinajstić information content (AvgIpc) is 2.05. The number of benzene rings is 1. The summed E-state index contributed by atoms with van der Waals surface area (Å²) in [6, 6.07) is 7.60. The Morgan fingerprint density at radius 1 is 1.36 bits per heavy atom. The molecule has 4 heteroatoms. The molecule has 56 valence electrons. The topological polar surface area (TPSA) is 63.9 Å². The lowest BCUT2D eigenvalue weighted by molar-refractivity contribution is 0.537. The zero-order valence-corrected chi connectivity index (χ0v) is 6.30. The Hall–Kier alpha value is -1.18. The highest BCUT2D eigenvalue weighted by Crippen LogP contribution is 2.05. The second kappa shape index (κ2) is 3.28. The number of rotatable bonds is 1. The highest BCUT2D eigenvalue weighted by Gasteiger charge is 1.91. The van der Waals surface area contributed by atoms with Crippen LogP contribution in [0.1, 0.15) is 5.56 Å². The predicted octanol–water partition coefficient (Wildman–Crippen LogP) is 0.796. The van der Waals surface area contributed by atoms with Crippen LogP contribution in [0.4, 0.5) is 0 Å². The zero-order valence-electron chi connectivity index (χ0n) is 5.48. The Balaban J connectivity index is 3.03. The van der Waals surface area contributed by atoms with Crippen LogP contribution in [0.2, 0.25) is 0 Å². The molecule has 1 aromatic carbocycles. The Morgan fingerprint density at radius 3 is 2.27 bits per heavy atom. The highest BCUT2D eigenvalue weighted by molar-refractivity contribution is 7.79. The van der Waals surface area contributed by atoms with Gasteiger partial charge in [0.15, 0.2) is 0 Å². The summed E-state index contributed by atoms with van der Waals surface area (Å²) in [5.41, 5.74) is 0.458. The van der Waals surface area contributed by atoms with Crippen molar-refractivity contribution in [3.8, 4) is 6.07 Å². The maximum atomic E-state index is 10.3. The molecule has 1 atom stereocenters. The lowest BCUT2D eigenvalue weighted by Gasteiger charge is -2.02. The summed E-state index contributed by atoms with van der Waals surface area (Å²) < 4.78 is 20.6. The maximum absolute atomic E-state index is 10.3. The van der Waals surface area contributed by atoms with Crippen LogP contribution in [-0.2, 0) is 11.1 Å². The van der Waals surface area contributed by atoms with E-state index < -0.39 is 11.1 Å². The Kier molecular flexibility index (Phi) is 2.36. The Labute approximate surface area is 66.6 Å². The fourth-order valence-electron chi connectivity index (χ4n) is 0.641. The van der Waals surface area contributed by atoms with Crippen molar-refractivity contribution < 1.29 is 8.76 Å². The van der Waals surface area contributed by atoms with Gasteiger partial charge in [-0.3, -0.25) is 4.21 Å². The molecule has 1 rings (SSSR count). The van der Waals surface area contributed by atoms with E-state index in [9.17, 15) is 8.76 Å². The van der Waals surface area contributed by atoms with Gasteiger partial charge in [0, 0.05) is 4.90 Å². The number of hydrogen-bond acceptors (Lipinski definition) is 3. The molecule has 1 aromatic rings. The van der Waals surface area contributed by atoms with Crippen molar-refractivity contribution in [3.63, 3.8) is 0 Å². The van der Waals surface area contributed by atoms with Crippen LogP contribution in [-0.4, -0.2) is 8.76 Å². The minimum Gasteiger partial charge on any atom is -0.768 e. The molecule has 1 unspecified atom stereocenters. The third-order valence-electron chi connectivity index (χ3n) is 1.18.